The molecular weight excluding hydrogens is 326 g/mol. The van der Waals surface area contributed by atoms with Gasteiger partial charge in [0.15, 0.2) is 9.84 Å². The molecule has 1 saturated heterocycles. The predicted molar refractivity (Wildman–Crippen MR) is 98.1 cm³/mol. The van der Waals surface area contributed by atoms with E-state index >= 15 is 0 Å². The van der Waals surface area contributed by atoms with Crippen LogP contribution in [0.5, 0.6) is 0 Å². The molecule has 1 heterocycles. The van der Waals surface area contributed by atoms with Crippen LogP contribution in [-0.4, -0.2) is 62.4 Å². The zero-order valence-corrected chi connectivity index (χ0v) is 16.5. The third-order valence-electron chi connectivity index (χ3n) is 4.59. The Labute approximate surface area is 148 Å². The summed E-state index contributed by atoms with van der Waals surface area (Å²) in [6, 6.07) is 0. The van der Waals surface area contributed by atoms with E-state index < -0.39 is 14.6 Å². The Balaban J connectivity index is 2.00. The molecule has 0 aromatic carbocycles. The molecule has 0 unspecified atom stereocenters. The molecule has 0 saturated carbocycles. The number of carbonyl (C=O) groups excluding carboxylic acids is 1. The highest BCUT2D eigenvalue weighted by atomic mass is 32.2. The first-order valence-corrected chi connectivity index (χ1v) is 10.9. The van der Waals surface area contributed by atoms with E-state index in [2.05, 4.69) is 4.90 Å². The fraction of sp³-hybridized carbons (Fsp3) is 0.944. The molecule has 6 heteroatoms. The molecule has 1 fully saturated rings. The van der Waals surface area contributed by atoms with Gasteiger partial charge in [-0.3, -0.25) is 9.69 Å². The lowest BCUT2D eigenvalue weighted by atomic mass is 10.1. The number of sulfone groups is 1. The van der Waals surface area contributed by atoms with E-state index in [4.69, 9.17) is 4.74 Å². The summed E-state index contributed by atoms with van der Waals surface area (Å²) in [5, 5.41) is 0. The number of Topliss-reactive ketones (excluding diaryl/α,β-unsaturated/α-hetero) is 1. The molecule has 5 nitrogen and oxygen atoms in total. The third-order valence-corrected chi connectivity index (χ3v) is 7.28. The third kappa shape index (κ3) is 8.58. The Kier molecular flexibility index (Phi) is 9.45. The first-order valence-electron chi connectivity index (χ1n) is 9.26. The van der Waals surface area contributed by atoms with Crippen molar-refractivity contribution in [3.8, 4) is 0 Å². The SMILES string of the molecule is CC(C)(C)S(=O)(=O)CCCCCC(=O)CCCCN1CCOCC1. The van der Waals surface area contributed by atoms with E-state index in [1.807, 2.05) is 0 Å². The van der Waals surface area contributed by atoms with E-state index in [1.165, 1.54) is 0 Å². The molecule has 0 amide bonds. The number of ketones is 1. The summed E-state index contributed by atoms with van der Waals surface area (Å²) in [5.74, 6) is 0.542. The predicted octanol–water partition coefficient (Wildman–Crippen LogP) is 2.83. The lowest BCUT2D eigenvalue weighted by Crippen LogP contribution is -2.36. The minimum Gasteiger partial charge on any atom is -0.379 e. The number of rotatable bonds is 11. The van der Waals surface area contributed by atoms with E-state index in [0.717, 1.165) is 58.5 Å². The second kappa shape index (κ2) is 10.5. The lowest BCUT2D eigenvalue weighted by molar-refractivity contribution is -0.119. The number of hydrogen-bond donors (Lipinski definition) is 0. The summed E-state index contributed by atoms with van der Waals surface area (Å²) in [7, 11) is -3.03. The Hall–Kier alpha value is -0.460. The normalized spacial score (nSPS) is 17.1. The van der Waals surface area contributed by atoms with Gasteiger partial charge in [0.25, 0.3) is 0 Å². The molecule has 24 heavy (non-hydrogen) atoms. The molecule has 0 aliphatic carbocycles. The van der Waals surface area contributed by atoms with Gasteiger partial charge in [-0.1, -0.05) is 6.42 Å². The summed E-state index contributed by atoms with van der Waals surface area (Å²) in [4.78, 5) is 14.3. The van der Waals surface area contributed by atoms with Crippen LogP contribution in [0.2, 0.25) is 0 Å². The average Bonchev–Trinajstić information content (AvgIpc) is 2.51. The molecule has 1 aliphatic rings. The summed E-state index contributed by atoms with van der Waals surface area (Å²) in [6.07, 6.45) is 5.54. The van der Waals surface area contributed by atoms with Gasteiger partial charge in [-0.15, -0.1) is 0 Å². The number of unbranched alkanes of at least 4 members (excludes halogenated alkanes) is 3. The maximum absolute atomic E-state index is 12.0. The van der Waals surface area contributed by atoms with Gasteiger partial charge in [0, 0.05) is 25.9 Å². The van der Waals surface area contributed by atoms with Crippen molar-refractivity contribution in [2.45, 2.75) is 70.5 Å². The number of ether oxygens (including phenoxy) is 1. The number of carbonyl (C=O) groups is 1. The second-order valence-electron chi connectivity index (χ2n) is 7.69. The first-order chi connectivity index (χ1) is 11.2. The van der Waals surface area contributed by atoms with Crippen LogP contribution in [0, 0.1) is 0 Å². The molecule has 1 aliphatic heterocycles. The van der Waals surface area contributed by atoms with Crippen LogP contribution in [-0.2, 0) is 19.4 Å². The number of hydrogen-bond acceptors (Lipinski definition) is 5. The topological polar surface area (TPSA) is 63.7 Å². The van der Waals surface area contributed by atoms with E-state index in [1.54, 1.807) is 20.8 Å². The van der Waals surface area contributed by atoms with E-state index in [9.17, 15) is 13.2 Å². The molecule has 1 rings (SSSR count). The largest absolute Gasteiger partial charge is 0.379 e. The molecular formula is C18H35NO4S. The quantitative estimate of drug-likeness (QED) is 0.530. The zero-order valence-electron chi connectivity index (χ0n) is 15.7. The highest BCUT2D eigenvalue weighted by Gasteiger charge is 2.27. The van der Waals surface area contributed by atoms with Crippen LogP contribution in [0.3, 0.4) is 0 Å². The highest BCUT2D eigenvalue weighted by molar-refractivity contribution is 7.92. The summed E-state index contributed by atoms with van der Waals surface area (Å²) < 4.78 is 28.6. The van der Waals surface area contributed by atoms with Crippen molar-refractivity contribution in [3.63, 3.8) is 0 Å². The van der Waals surface area contributed by atoms with Gasteiger partial charge >= 0.3 is 0 Å². The van der Waals surface area contributed by atoms with E-state index in [-0.39, 0.29) is 5.75 Å². The van der Waals surface area contributed by atoms with Crippen LogP contribution in [0.15, 0.2) is 0 Å². The van der Waals surface area contributed by atoms with Crippen molar-refractivity contribution in [2.24, 2.45) is 0 Å². The molecule has 142 valence electrons. The molecule has 0 aromatic heterocycles. The van der Waals surface area contributed by atoms with Crippen LogP contribution >= 0.6 is 0 Å². The molecule has 0 atom stereocenters. The maximum Gasteiger partial charge on any atom is 0.155 e. The van der Waals surface area contributed by atoms with Crippen LogP contribution in [0.1, 0.15) is 65.7 Å². The fourth-order valence-electron chi connectivity index (χ4n) is 2.70. The minimum atomic E-state index is -3.03. The Morgan fingerprint density at radius 1 is 0.958 bits per heavy atom. The Morgan fingerprint density at radius 2 is 1.54 bits per heavy atom. The van der Waals surface area contributed by atoms with Gasteiger partial charge in [0.05, 0.1) is 23.7 Å². The van der Waals surface area contributed by atoms with Crippen molar-refractivity contribution in [2.75, 3.05) is 38.6 Å². The first kappa shape index (κ1) is 21.6. The van der Waals surface area contributed by atoms with Gasteiger partial charge in [-0.05, 0) is 53.0 Å². The van der Waals surface area contributed by atoms with Crippen molar-refractivity contribution in [1.82, 2.24) is 4.90 Å². The summed E-state index contributed by atoms with van der Waals surface area (Å²) >= 11 is 0. The fourth-order valence-corrected chi connectivity index (χ4v) is 3.90. The molecule has 0 spiro atoms. The summed E-state index contributed by atoms with van der Waals surface area (Å²) in [6.45, 7) is 9.93. The second-order valence-corrected chi connectivity index (χ2v) is 10.6. The molecule has 0 bridgehead atoms. The van der Waals surface area contributed by atoms with Gasteiger partial charge in [-0.2, -0.15) is 0 Å². The van der Waals surface area contributed by atoms with Crippen molar-refractivity contribution in [3.05, 3.63) is 0 Å². The average molecular weight is 362 g/mol. The molecule has 0 radical (unpaired) electrons. The van der Waals surface area contributed by atoms with E-state index in [0.29, 0.717) is 25.0 Å². The zero-order chi connectivity index (χ0) is 18.1. The molecule has 0 N–H and O–H groups in total. The standard InChI is InChI=1S/C18H35NO4S/c1-18(2,3)24(21,22)16-8-4-5-9-17(20)10-6-7-11-19-12-14-23-15-13-19/h4-16H2,1-3H3. The monoisotopic (exact) mass is 361 g/mol. The van der Waals surface area contributed by atoms with Crippen LogP contribution in [0.4, 0.5) is 0 Å². The summed E-state index contributed by atoms with van der Waals surface area (Å²) in [5.41, 5.74) is 0. The molecule has 0 aromatic rings. The smallest absolute Gasteiger partial charge is 0.155 e. The highest BCUT2D eigenvalue weighted by Crippen LogP contribution is 2.18. The van der Waals surface area contributed by atoms with Crippen molar-refractivity contribution >= 4 is 15.6 Å². The van der Waals surface area contributed by atoms with Gasteiger partial charge in [0.2, 0.25) is 0 Å². The van der Waals surface area contributed by atoms with Crippen molar-refractivity contribution in [1.29, 1.82) is 0 Å². The maximum atomic E-state index is 12.0. The number of morpholine rings is 1. The van der Waals surface area contributed by atoms with Crippen molar-refractivity contribution < 1.29 is 17.9 Å². The van der Waals surface area contributed by atoms with Gasteiger partial charge in [0.1, 0.15) is 5.78 Å². The minimum absolute atomic E-state index is 0.226. The van der Waals surface area contributed by atoms with Gasteiger partial charge in [-0.25, -0.2) is 8.42 Å². The van der Waals surface area contributed by atoms with Crippen LogP contribution in [0.25, 0.3) is 0 Å². The Morgan fingerprint density at radius 3 is 2.12 bits per heavy atom. The Bertz CT molecular complexity index is 462. The lowest BCUT2D eigenvalue weighted by Gasteiger charge is -2.26. The van der Waals surface area contributed by atoms with Gasteiger partial charge < -0.3 is 4.74 Å². The number of nitrogens with zero attached hydrogens (tertiary/aromatic N) is 1. The van der Waals surface area contributed by atoms with Crippen LogP contribution < -0.4 is 0 Å².